The molecule has 2 fully saturated rings. The van der Waals surface area contributed by atoms with Gasteiger partial charge < -0.3 is 9.84 Å². The van der Waals surface area contributed by atoms with Crippen molar-refractivity contribution in [3.05, 3.63) is 29.6 Å². The molecule has 2 unspecified atom stereocenters. The minimum atomic E-state index is -3.03. The van der Waals surface area contributed by atoms with Gasteiger partial charge in [0.25, 0.3) is 0 Å². The molecular formula is C14H15F3O2S. The second-order valence-corrected chi connectivity index (χ2v) is 7.02. The highest BCUT2D eigenvalue weighted by molar-refractivity contribution is 8.00. The molecule has 2 aliphatic heterocycles. The smallest absolute Gasteiger partial charge is 0.387 e. The molecule has 1 aromatic rings. The average Bonchev–Trinajstić information content (AvgIpc) is 2.68. The first-order valence-corrected chi connectivity index (χ1v) is 7.53. The third-order valence-electron chi connectivity index (χ3n) is 3.99. The third kappa shape index (κ3) is 2.63. The molecule has 2 atom stereocenters. The number of benzene rings is 1. The quantitative estimate of drug-likeness (QED) is 0.924. The second kappa shape index (κ2) is 5.15. The number of aliphatic hydroxyl groups is 1. The van der Waals surface area contributed by atoms with Crippen LogP contribution >= 0.6 is 11.8 Å². The first-order chi connectivity index (χ1) is 9.46. The predicted molar refractivity (Wildman–Crippen MR) is 70.6 cm³/mol. The SMILES string of the molecule is OC1(c2ccc(F)cc2OC(F)F)CC2CCC(C1)S2. The van der Waals surface area contributed by atoms with Crippen LogP contribution in [0.5, 0.6) is 5.75 Å². The number of fused-ring (bicyclic) bond motifs is 2. The molecule has 0 saturated carbocycles. The van der Waals surface area contributed by atoms with Gasteiger partial charge in [-0.1, -0.05) is 0 Å². The van der Waals surface area contributed by atoms with Gasteiger partial charge in [-0.15, -0.1) is 0 Å². The lowest BCUT2D eigenvalue weighted by Gasteiger charge is -2.37. The highest BCUT2D eigenvalue weighted by atomic mass is 32.2. The molecule has 2 aliphatic rings. The Labute approximate surface area is 119 Å². The van der Waals surface area contributed by atoms with Crippen molar-refractivity contribution in [1.82, 2.24) is 0 Å². The van der Waals surface area contributed by atoms with Crippen LogP contribution in [0.1, 0.15) is 31.2 Å². The fourth-order valence-corrected chi connectivity index (χ4v) is 5.04. The van der Waals surface area contributed by atoms with Gasteiger partial charge in [-0.05, 0) is 37.8 Å². The molecule has 0 aliphatic carbocycles. The molecule has 1 aromatic carbocycles. The summed E-state index contributed by atoms with van der Waals surface area (Å²) in [6, 6.07) is 3.46. The fourth-order valence-electron chi connectivity index (χ4n) is 3.21. The molecule has 6 heteroatoms. The first-order valence-electron chi connectivity index (χ1n) is 6.59. The zero-order valence-electron chi connectivity index (χ0n) is 10.7. The van der Waals surface area contributed by atoms with Crippen molar-refractivity contribution in [2.75, 3.05) is 0 Å². The summed E-state index contributed by atoms with van der Waals surface area (Å²) in [7, 11) is 0. The number of halogens is 3. The van der Waals surface area contributed by atoms with Crippen LogP contribution < -0.4 is 4.74 Å². The second-order valence-electron chi connectivity index (χ2n) is 5.42. The van der Waals surface area contributed by atoms with Crippen LogP contribution in [0.3, 0.4) is 0 Å². The Hall–Kier alpha value is -0.880. The summed E-state index contributed by atoms with van der Waals surface area (Å²) in [6.07, 6.45) is 3.06. The standard InChI is InChI=1S/C14H15F3O2S/c15-8-1-4-11(12(5-8)19-13(16)17)14(18)6-9-2-3-10(7-14)20-9/h1,4-5,9-10,13,18H,2-3,6-7H2. The lowest BCUT2D eigenvalue weighted by molar-refractivity contribution is -0.0557. The van der Waals surface area contributed by atoms with Crippen molar-refractivity contribution < 1.29 is 23.0 Å². The summed E-state index contributed by atoms with van der Waals surface area (Å²) in [5.74, 6) is -0.907. The van der Waals surface area contributed by atoms with E-state index in [1.165, 1.54) is 12.1 Å². The summed E-state index contributed by atoms with van der Waals surface area (Å²) in [6.45, 7) is -3.03. The number of ether oxygens (including phenoxy) is 1. The molecule has 0 radical (unpaired) electrons. The van der Waals surface area contributed by atoms with Crippen LogP contribution in [0.25, 0.3) is 0 Å². The van der Waals surface area contributed by atoms with Crippen molar-refractivity contribution >= 4 is 11.8 Å². The predicted octanol–water partition coefficient (Wildman–Crippen LogP) is 3.67. The minimum Gasteiger partial charge on any atom is -0.434 e. The Kier molecular flexibility index (Phi) is 3.62. The molecular weight excluding hydrogens is 289 g/mol. The van der Waals surface area contributed by atoms with Crippen molar-refractivity contribution in [2.24, 2.45) is 0 Å². The highest BCUT2D eigenvalue weighted by Gasteiger charge is 2.45. The number of hydrogen-bond donors (Lipinski definition) is 1. The third-order valence-corrected chi connectivity index (χ3v) is 5.56. The van der Waals surface area contributed by atoms with Gasteiger partial charge in [0.2, 0.25) is 0 Å². The highest BCUT2D eigenvalue weighted by Crippen LogP contribution is 2.52. The van der Waals surface area contributed by atoms with Crippen LogP contribution in [-0.4, -0.2) is 22.2 Å². The number of hydrogen-bond acceptors (Lipinski definition) is 3. The van der Waals surface area contributed by atoms with Gasteiger partial charge >= 0.3 is 6.61 Å². The number of rotatable bonds is 3. The largest absolute Gasteiger partial charge is 0.434 e. The molecule has 110 valence electrons. The maximum atomic E-state index is 13.2. The lowest BCUT2D eigenvalue weighted by atomic mass is 9.85. The van der Waals surface area contributed by atoms with E-state index in [0.29, 0.717) is 23.3 Å². The summed E-state index contributed by atoms with van der Waals surface area (Å²) in [5, 5.41) is 11.5. The molecule has 3 rings (SSSR count). The molecule has 2 saturated heterocycles. The normalized spacial score (nSPS) is 32.6. The van der Waals surface area contributed by atoms with Crippen LogP contribution in [-0.2, 0) is 5.60 Å². The van der Waals surface area contributed by atoms with Crippen molar-refractivity contribution in [1.29, 1.82) is 0 Å². The van der Waals surface area contributed by atoms with Crippen LogP contribution in [0.15, 0.2) is 18.2 Å². The Balaban J connectivity index is 1.96. The molecule has 2 nitrogen and oxygen atoms in total. The average molecular weight is 304 g/mol. The molecule has 2 bridgehead atoms. The Morgan fingerprint density at radius 3 is 2.50 bits per heavy atom. The van der Waals surface area contributed by atoms with Gasteiger partial charge in [0.15, 0.2) is 0 Å². The molecule has 0 amide bonds. The van der Waals surface area contributed by atoms with Crippen molar-refractivity contribution in [3.63, 3.8) is 0 Å². The molecule has 0 spiro atoms. The van der Waals surface area contributed by atoms with E-state index in [4.69, 9.17) is 0 Å². The van der Waals surface area contributed by atoms with E-state index in [1.807, 2.05) is 11.8 Å². The zero-order valence-corrected chi connectivity index (χ0v) is 11.5. The Bertz CT molecular complexity index is 497. The molecule has 0 aromatic heterocycles. The van der Waals surface area contributed by atoms with E-state index in [-0.39, 0.29) is 11.3 Å². The van der Waals surface area contributed by atoms with Crippen LogP contribution in [0, 0.1) is 5.82 Å². The number of alkyl halides is 2. The van der Waals surface area contributed by atoms with E-state index < -0.39 is 18.0 Å². The van der Waals surface area contributed by atoms with Gasteiger partial charge in [0.1, 0.15) is 11.6 Å². The summed E-state index contributed by atoms with van der Waals surface area (Å²) >= 11 is 1.85. The zero-order chi connectivity index (χ0) is 14.3. The Morgan fingerprint density at radius 1 is 1.25 bits per heavy atom. The Morgan fingerprint density at radius 2 is 1.90 bits per heavy atom. The summed E-state index contributed by atoms with van der Waals surface area (Å²) < 4.78 is 42.6. The van der Waals surface area contributed by atoms with Gasteiger partial charge in [-0.3, -0.25) is 0 Å². The van der Waals surface area contributed by atoms with Crippen molar-refractivity contribution in [3.8, 4) is 5.75 Å². The van der Waals surface area contributed by atoms with Crippen molar-refractivity contribution in [2.45, 2.75) is 48.4 Å². The maximum absolute atomic E-state index is 13.2. The van der Waals surface area contributed by atoms with E-state index in [0.717, 1.165) is 18.9 Å². The lowest BCUT2D eigenvalue weighted by Crippen LogP contribution is -2.35. The summed E-state index contributed by atoms with van der Waals surface area (Å²) in [5.41, 5.74) is -0.925. The molecule has 2 heterocycles. The molecule has 20 heavy (non-hydrogen) atoms. The van der Waals surface area contributed by atoms with Gasteiger partial charge in [-0.2, -0.15) is 20.5 Å². The van der Waals surface area contributed by atoms with Crippen LogP contribution in [0.2, 0.25) is 0 Å². The fraction of sp³-hybridized carbons (Fsp3) is 0.571. The van der Waals surface area contributed by atoms with E-state index >= 15 is 0 Å². The maximum Gasteiger partial charge on any atom is 0.387 e. The van der Waals surface area contributed by atoms with Gasteiger partial charge in [0, 0.05) is 22.1 Å². The first kappa shape index (κ1) is 14.1. The summed E-state index contributed by atoms with van der Waals surface area (Å²) in [4.78, 5) is 0. The van der Waals surface area contributed by atoms with E-state index in [2.05, 4.69) is 4.74 Å². The van der Waals surface area contributed by atoms with E-state index in [1.54, 1.807) is 0 Å². The van der Waals surface area contributed by atoms with E-state index in [9.17, 15) is 18.3 Å². The van der Waals surface area contributed by atoms with Crippen LogP contribution in [0.4, 0.5) is 13.2 Å². The monoisotopic (exact) mass is 304 g/mol. The minimum absolute atomic E-state index is 0.256. The van der Waals surface area contributed by atoms with Gasteiger partial charge in [-0.25, -0.2) is 4.39 Å². The number of thioether (sulfide) groups is 1. The topological polar surface area (TPSA) is 29.5 Å². The van der Waals surface area contributed by atoms with Gasteiger partial charge in [0.05, 0.1) is 5.60 Å². The molecule has 1 N–H and O–H groups in total.